The second-order valence-electron chi connectivity index (χ2n) is 3.92. The number of benzene rings is 2. The highest BCUT2D eigenvalue weighted by Gasteiger charge is 2.09. The Morgan fingerprint density at radius 2 is 1.90 bits per heavy atom. The van der Waals surface area contributed by atoms with Gasteiger partial charge in [0.25, 0.3) is 0 Å². The van der Waals surface area contributed by atoms with Crippen LogP contribution in [0.25, 0.3) is 16.8 Å². The van der Waals surface area contributed by atoms with Gasteiger partial charge in [-0.15, -0.1) is 0 Å². The van der Waals surface area contributed by atoms with Crippen molar-refractivity contribution in [2.24, 2.45) is 0 Å². The fraction of sp³-hybridized carbons (Fsp3) is 0. The summed E-state index contributed by atoms with van der Waals surface area (Å²) in [4.78, 5) is 10.6. The van der Waals surface area contributed by atoms with Crippen molar-refractivity contribution in [3.63, 3.8) is 0 Å². The lowest BCUT2D eigenvalue weighted by atomic mass is 10.0. The van der Waals surface area contributed by atoms with E-state index in [4.69, 9.17) is 9.66 Å². The van der Waals surface area contributed by atoms with Gasteiger partial charge >= 0.3 is 16.4 Å². The van der Waals surface area contributed by atoms with Gasteiger partial charge in [0.2, 0.25) is 0 Å². The van der Waals surface area contributed by atoms with Gasteiger partial charge < -0.3 is 9.29 Å². The van der Waals surface area contributed by atoms with Gasteiger partial charge in [0.15, 0.2) is 0 Å². The quantitative estimate of drug-likeness (QED) is 0.661. The molecule has 0 amide bonds. The molecule has 0 atom stereocenters. The summed E-state index contributed by atoms with van der Waals surface area (Å²) >= 11 is 0. The van der Waals surface area contributed by atoms with E-state index in [-0.39, 0.29) is 5.75 Å². The van der Waals surface area contributed by atoms with E-state index in [1.807, 2.05) is 0 Å². The Labute approximate surface area is 114 Å². The smallest absolute Gasteiger partial charge is 0.446 e. The molecular weight excluding hydrogens is 284 g/mol. The second-order valence-corrected chi connectivity index (χ2v) is 4.94. The molecule has 6 nitrogen and oxygen atoms in total. The summed E-state index contributed by atoms with van der Waals surface area (Å²) in [5.74, 6) is -1.23. The molecule has 2 aromatic rings. The average molecular weight is 294 g/mol. The number of aliphatic carboxylic acids is 1. The van der Waals surface area contributed by atoms with E-state index >= 15 is 0 Å². The molecule has 2 rings (SSSR count). The third-order valence-corrected chi connectivity index (χ3v) is 2.88. The minimum Gasteiger partial charge on any atom is -0.478 e. The van der Waals surface area contributed by atoms with Crippen molar-refractivity contribution < 1.29 is 27.1 Å². The Balaban J connectivity index is 2.60. The molecule has 2 N–H and O–H groups in total. The molecule has 2 aromatic carbocycles. The number of carbonyl (C=O) groups is 1. The van der Waals surface area contributed by atoms with Crippen LogP contribution in [-0.2, 0) is 15.2 Å². The Morgan fingerprint density at radius 1 is 1.20 bits per heavy atom. The molecule has 0 spiro atoms. The molecule has 0 aliphatic rings. The third kappa shape index (κ3) is 3.56. The SMILES string of the molecule is O=C(O)C=Cc1cc(OS(=O)(=O)O)cc2ccccc12. The molecule has 0 heterocycles. The number of hydrogen-bond acceptors (Lipinski definition) is 4. The molecule has 0 saturated heterocycles. The molecule has 0 unspecified atom stereocenters. The van der Waals surface area contributed by atoms with Gasteiger partial charge in [0.1, 0.15) is 5.75 Å². The average Bonchev–Trinajstić information content (AvgIpc) is 2.33. The van der Waals surface area contributed by atoms with E-state index < -0.39 is 16.4 Å². The summed E-state index contributed by atoms with van der Waals surface area (Å²) in [5, 5.41) is 10.0. The molecule has 7 heteroatoms. The van der Waals surface area contributed by atoms with Gasteiger partial charge in [-0.1, -0.05) is 24.3 Å². The number of carboxylic acid groups (broad SMARTS) is 1. The Morgan fingerprint density at radius 3 is 2.55 bits per heavy atom. The van der Waals surface area contributed by atoms with Crippen LogP contribution in [0.1, 0.15) is 5.56 Å². The van der Waals surface area contributed by atoms with Crippen molar-refractivity contribution in [1.82, 2.24) is 0 Å². The summed E-state index contributed by atoms with van der Waals surface area (Å²) in [7, 11) is -4.63. The maximum absolute atomic E-state index is 10.7. The van der Waals surface area contributed by atoms with Gasteiger partial charge in [-0.25, -0.2) is 4.79 Å². The topological polar surface area (TPSA) is 101 Å². The Hall–Kier alpha value is -2.38. The van der Waals surface area contributed by atoms with Crippen LogP contribution in [0.2, 0.25) is 0 Å². The van der Waals surface area contributed by atoms with Gasteiger partial charge in [0.05, 0.1) is 0 Å². The van der Waals surface area contributed by atoms with E-state index in [9.17, 15) is 13.2 Å². The van der Waals surface area contributed by atoms with Crippen LogP contribution in [0, 0.1) is 0 Å². The van der Waals surface area contributed by atoms with Crippen LogP contribution in [0.4, 0.5) is 0 Å². The fourth-order valence-corrected chi connectivity index (χ4v) is 2.12. The zero-order valence-corrected chi connectivity index (χ0v) is 10.9. The maximum Gasteiger partial charge on any atom is 0.446 e. The van der Waals surface area contributed by atoms with E-state index in [1.165, 1.54) is 18.2 Å². The minimum atomic E-state index is -4.63. The van der Waals surface area contributed by atoms with Crippen molar-refractivity contribution in [3.8, 4) is 5.75 Å². The first kappa shape index (κ1) is 14.0. The number of hydrogen-bond donors (Lipinski definition) is 2. The predicted molar refractivity (Wildman–Crippen MR) is 72.8 cm³/mol. The Bertz CT molecular complexity index is 792. The molecule has 0 aliphatic heterocycles. The van der Waals surface area contributed by atoms with Gasteiger partial charge in [0, 0.05) is 6.08 Å². The van der Waals surface area contributed by atoms with Crippen molar-refractivity contribution in [1.29, 1.82) is 0 Å². The molecule has 20 heavy (non-hydrogen) atoms. The van der Waals surface area contributed by atoms with E-state index in [2.05, 4.69) is 4.18 Å². The normalized spacial score (nSPS) is 11.8. The van der Waals surface area contributed by atoms with Crippen molar-refractivity contribution in [3.05, 3.63) is 48.0 Å². The molecule has 104 valence electrons. The standard InChI is InChI=1S/C13H10O6S/c14-13(15)6-5-10-8-11(19-20(16,17)18)7-9-3-1-2-4-12(9)10/h1-8H,(H,14,15)(H,16,17,18). The third-order valence-electron chi connectivity index (χ3n) is 2.47. The summed E-state index contributed by atoms with van der Waals surface area (Å²) in [6, 6.07) is 9.74. The molecule has 0 aromatic heterocycles. The number of carboxylic acids is 1. The first-order chi connectivity index (χ1) is 9.35. The molecule has 0 aliphatic carbocycles. The van der Waals surface area contributed by atoms with E-state index in [1.54, 1.807) is 24.3 Å². The first-order valence-electron chi connectivity index (χ1n) is 5.46. The number of rotatable bonds is 4. The number of fused-ring (bicyclic) bond motifs is 1. The highest BCUT2D eigenvalue weighted by molar-refractivity contribution is 7.81. The Kier molecular flexibility index (Phi) is 3.73. The summed E-state index contributed by atoms with van der Waals surface area (Å²) < 4.78 is 34.6. The lowest BCUT2D eigenvalue weighted by molar-refractivity contribution is -0.131. The van der Waals surface area contributed by atoms with E-state index in [0.29, 0.717) is 10.9 Å². The zero-order chi connectivity index (χ0) is 14.8. The highest BCUT2D eigenvalue weighted by atomic mass is 32.3. The highest BCUT2D eigenvalue weighted by Crippen LogP contribution is 2.27. The van der Waals surface area contributed by atoms with E-state index in [0.717, 1.165) is 11.5 Å². The molecule has 0 fully saturated rings. The molecule has 0 saturated carbocycles. The summed E-state index contributed by atoms with van der Waals surface area (Å²) in [5.41, 5.74) is 0.462. The minimum absolute atomic E-state index is 0.101. The summed E-state index contributed by atoms with van der Waals surface area (Å²) in [6.45, 7) is 0. The van der Waals surface area contributed by atoms with Crippen molar-refractivity contribution in [2.45, 2.75) is 0 Å². The van der Waals surface area contributed by atoms with Gasteiger partial charge in [-0.2, -0.15) is 8.42 Å². The van der Waals surface area contributed by atoms with Crippen LogP contribution >= 0.6 is 0 Å². The van der Waals surface area contributed by atoms with Crippen LogP contribution in [-0.4, -0.2) is 24.0 Å². The molecule has 0 bridgehead atoms. The lowest BCUT2D eigenvalue weighted by Gasteiger charge is -2.07. The van der Waals surface area contributed by atoms with Crippen molar-refractivity contribution in [2.75, 3.05) is 0 Å². The predicted octanol–water partition coefficient (Wildman–Crippen LogP) is 2.12. The second kappa shape index (κ2) is 5.32. The fourth-order valence-electron chi connectivity index (χ4n) is 1.78. The summed E-state index contributed by atoms with van der Waals surface area (Å²) in [6.07, 6.45) is 2.25. The van der Waals surface area contributed by atoms with Crippen LogP contribution in [0.15, 0.2) is 42.5 Å². The monoisotopic (exact) mass is 294 g/mol. The van der Waals surface area contributed by atoms with Crippen LogP contribution in [0.3, 0.4) is 0 Å². The molecular formula is C13H10O6S. The molecule has 0 radical (unpaired) electrons. The van der Waals surface area contributed by atoms with Crippen molar-refractivity contribution >= 4 is 33.2 Å². The first-order valence-corrected chi connectivity index (χ1v) is 6.82. The van der Waals surface area contributed by atoms with Gasteiger partial charge in [-0.05, 0) is 34.5 Å². The zero-order valence-electron chi connectivity index (χ0n) is 10.1. The van der Waals surface area contributed by atoms with Crippen LogP contribution < -0.4 is 4.18 Å². The largest absolute Gasteiger partial charge is 0.478 e. The van der Waals surface area contributed by atoms with Crippen LogP contribution in [0.5, 0.6) is 5.75 Å². The maximum atomic E-state index is 10.7. The van der Waals surface area contributed by atoms with Gasteiger partial charge in [-0.3, -0.25) is 4.55 Å². The lowest BCUT2D eigenvalue weighted by Crippen LogP contribution is -2.06.